The van der Waals surface area contributed by atoms with E-state index < -0.39 is 24.3 Å². The summed E-state index contributed by atoms with van der Waals surface area (Å²) in [5.74, 6) is 0.326. The first-order valence-electron chi connectivity index (χ1n) is 7.40. The molecular weight excluding hydrogens is 300 g/mol. The molecule has 0 aliphatic carbocycles. The van der Waals surface area contributed by atoms with Gasteiger partial charge in [-0.15, -0.1) is 0 Å². The quantitative estimate of drug-likeness (QED) is 0.459. The molecule has 2 aromatic rings. The number of hydrogen-bond acceptors (Lipinski definition) is 8. The third-order valence-electron chi connectivity index (χ3n) is 4.32. The summed E-state index contributed by atoms with van der Waals surface area (Å²) in [7, 11) is 3.77. The van der Waals surface area contributed by atoms with Crippen molar-refractivity contribution < 1.29 is 15.3 Å². The van der Waals surface area contributed by atoms with Crippen LogP contribution in [0.25, 0.3) is 11.0 Å². The molecule has 3 heterocycles. The lowest BCUT2D eigenvalue weighted by Gasteiger charge is -2.31. The number of aromatic amines is 1. The number of aromatic nitrogens is 3. The van der Waals surface area contributed by atoms with E-state index in [0.29, 0.717) is 23.5 Å². The van der Waals surface area contributed by atoms with E-state index in [-0.39, 0.29) is 6.61 Å². The number of nitrogens with one attached hydrogen (secondary N) is 1. The molecule has 9 nitrogen and oxygen atoms in total. The molecule has 23 heavy (non-hydrogen) atoms. The van der Waals surface area contributed by atoms with Gasteiger partial charge in [0.15, 0.2) is 5.82 Å². The van der Waals surface area contributed by atoms with Crippen LogP contribution in [0.4, 0.5) is 5.82 Å². The third kappa shape index (κ3) is 2.56. The second kappa shape index (κ2) is 6.02. The maximum absolute atomic E-state index is 10.5. The summed E-state index contributed by atoms with van der Waals surface area (Å²) in [6.07, 6.45) is 1.00. The number of nitrogen functional groups attached to an aromatic ring is 1. The van der Waals surface area contributed by atoms with Crippen LogP contribution in [0.2, 0.25) is 0 Å². The van der Waals surface area contributed by atoms with Gasteiger partial charge < -0.3 is 26.0 Å². The normalized spacial score (nSPS) is 29.0. The van der Waals surface area contributed by atoms with Crippen LogP contribution in [0.15, 0.2) is 12.5 Å². The zero-order valence-electron chi connectivity index (χ0n) is 13.1. The van der Waals surface area contributed by atoms with Crippen molar-refractivity contribution >= 4 is 16.9 Å². The van der Waals surface area contributed by atoms with E-state index in [9.17, 15) is 15.3 Å². The molecule has 0 unspecified atom stereocenters. The van der Waals surface area contributed by atoms with E-state index in [1.165, 1.54) is 6.33 Å². The van der Waals surface area contributed by atoms with Crippen LogP contribution in [0.3, 0.4) is 0 Å². The standard InChI is InChI=1S/C14H22N6O3/c1-19(2)6-20-8(4-21)12(22)13(23)11(20)7-3-16-10-9(7)17-5-18-14(10)15/h3,5,8,11-13,16,21-23H,4,6H2,1-2H3,(H2,15,17,18)/t8-,11+,12-,13+/m1/s1. The average Bonchev–Trinajstić information content (AvgIpc) is 3.01. The zero-order valence-corrected chi connectivity index (χ0v) is 13.1. The maximum Gasteiger partial charge on any atom is 0.151 e. The first-order valence-corrected chi connectivity index (χ1v) is 7.40. The molecule has 0 radical (unpaired) electrons. The van der Waals surface area contributed by atoms with Crippen LogP contribution in [0.5, 0.6) is 0 Å². The van der Waals surface area contributed by atoms with Gasteiger partial charge in [-0.05, 0) is 14.1 Å². The molecular formula is C14H22N6O3. The Labute approximate surface area is 133 Å². The second-order valence-electron chi connectivity index (χ2n) is 6.14. The van der Waals surface area contributed by atoms with E-state index in [4.69, 9.17) is 5.73 Å². The number of nitrogens with zero attached hydrogens (tertiary/aromatic N) is 4. The molecule has 0 aromatic carbocycles. The zero-order chi connectivity index (χ0) is 16.7. The minimum atomic E-state index is -1.05. The van der Waals surface area contributed by atoms with Gasteiger partial charge in [0.25, 0.3) is 0 Å². The van der Waals surface area contributed by atoms with Crippen molar-refractivity contribution in [1.82, 2.24) is 24.8 Å². The van der Waals surface area contributed by atoms with Crippen molar-refractivity contribution in [2.75, 3.05) is 33.1 Å². The van der Waals surface area contributed by atoms with Gasteiger partial charge in [0, 0.05) is 11.8 Å². The third-order valence-corrected chi connectivity index (χ3v) is 4.32. The summed E-state index contributed by atoms with van der Waals surface area (Å²) < 4.78 is 0. The Morgan fingerprint density at radius 2 is 2.04 bits per heavy atom. The number of likely N-dealkylation sites (tertiary alicyclic amines) is 1. The lowest BCUT2D eigenvalue weighted by Crippen LogP contribution is -2.43. The Hall–Kier alpha value is -1.78. The monoisotopic (exact) mass is 322 g/mol. The summed E-state index contributed by atoms with van der Waals surface area (Å²) in [6, 6.07) is -1.06. The summed E-state index contributed by atoms with van der Waals surface area (Å²) in [5, 5.41) is 30.5. The fourth-order valence-corrected chi connectivity index (χ4v) is 3.31. The number of H-pyrrole nitrogens is 1. The average molecular weight is 322 g/mol. The highest BCUT2D eigenvalue weighted by Gasteiger charge is 2.48. The van der Waals surface area contributed by atoms with E-state index in [2.05, 4.69) is 15.0 Å². The Bertz CT molecular complexity index is 690. The van der Waals surface area contributed by atoms with Crippen molar-refractivity contribution in [2.24, 2.45) is 0 Å². The van der Waals surface area contributed by atoms with Gasteiger partial charge in [0.1, 0.15) is 17.9 Å². The van der Waals surface area contributed by atoms with Crippen LogP contribution in [0.1, 0.15) is 11.6 Å². The molecule has 126 valence electrons. The van der Waals surface area contributed by atoms with E-state index in [0.717, 1.165) is 5.56 Å². The van der Waals surface area contributed by atoms with Crippen molar-refractivity contribution in [3.63, 3.8) is 0 Å². The SMILES string of the molecule is CN(C)CN1[C@H](CO)[C@@H](O)[C@@H](O)[C@@H]1c1c[nH]c2c(N)ncnc12. The fourth-order valence-electron chi connectivity index (χ4n) is 3.31. The molecule has 0 amide bonds. The summed E-state index contributed by atoms with van der Waals surface area (Å²) >= 11 is 0. The van der Waals surface area contributed by atoms with Crippen molar-refractivity contribution in [3.8, 4) is 0 Å². The number of rotatable bonds is 4. The summed E-state index contributed by atoms with van der Waals surface area (Å²) in [5.41, 5.74) is 7.77. The number of fused-ring (bicyclic) bond motifs is 1. The Morgan fingerprint density at radius 3 is 2.70 bits per heavy atom. The Balaban J connectivity index is 2.08. The van der Waals surface area contributed by atoms with Crippen LogP contribution in [-0.4, -0.2) is 85.7 Å². The number of aliphatic hydroxyl groups is 3. The molecule has 2 aromatic heterocycles. The molecule has 1 aliphatic heterocycles. The highest BCUT2D eigenvalue weighted by Crippen LogP contribution is 2.39. The molecule has 1 fully saturated rings. The van der Waals surface area contributed by atoms with Crippen LogP contribution < -0.4 is 5.73 Å². The molecule has 3 rings (SSSR count). The first kappa shape index (κ1) is 16.1. The second-order valence-corrected chi connectivity index (χ2v) is 6.14. The van der Waals surface area contributed by atoms with E-state index in [1.807, 2.05) is 23.9 Å². The number of anilines is 1. The Morgan fingerprint density at radius 1 is 1.30 bits per heavy atom. The molecule has 0 bridgehead atoms. The van der Waals surface area contributed by atoms with Gasteiger partial charge in [-0.1, -0.05) is 0 Å². The molecule has 9 heteroatoms. The Kier molecular flexibility index (Phi) is 4.21. The first-order chi connectivity index (χ1) is 11.0. The molecule has 0 saturated carbocycles. The summed E-state index contributed by atoms with van der Waals surface area (Å²) in [6.45, 7) is 0.222. The summed E-state index contributed by atoms with van der Waals surface area (Å²) in [4.78, 5) is 15.0. The minimum Gasteiger partial charge on any atom is -0.395 e. The smallest absolute Gasteiger partial charge is 0.151 e. The predicted octanol–water partition coefficient (Wildman–Crippen LogP) is -1.50. The predicted molar refractivity (Wildman–Crippen MR) is 84.3 cm³/mol. The van der Waals surface area contributed by atoms with E-state index in [1.54, 1.807) is 6.20 Å². The fraction of sp³-hybridized carbons (Fsp3) is 0.571. The van der Waals surface area contributed by atoms with Gasteiger partial charge in [0.05, 0.1) is 37.0 Å². The van der Waals surface area contributed by atoms with Gasteiger partial charge in [0.2, 0.25) is 0 Å². The van der Waals surface area contributed by atoms with Gasteiger partial charge in [-0.25, -0.2) is 9.97 Å². The van der Waals surface area contributed by atoms with Crippen molar-refractivity contribution in [3.05, 3.63) is 18.1 Å². The van der Waals surface area contributed by atoms with Crippen molar-refractivity contribution in [2.45, 2.75) is 24.3 Å². The number of nitrogens with two attached hydrogens (primary N) is 1. The van der Waals surface area contributed by atoms with Crippen LogP contribution >= 0.6 is 0 Å². The molecule has 1 saturated heterocycles. The van der Waals surface area contributed by atoms with Gasteiger partial charge in [-0.3, -0.25) is 9.80 Å². The maximum atomic E-state index is 10.5. The number of hydrogen-bond donors (Lipinski definition) is 5. The molecule has 4 atom stereocenters. The van der Waals surface area contributed by atoms with Crippen LogP contribution in [-0.2, 0) is 0 Å². The lowest BCUT2D eigenvalue weighted by atomic mass is 10.0. The largest absolute Gasteiger partial charge is 0.395 e. The van der Waals surface area contributed by atoms with E-state index >= 15 is 0 Å². The highest BCUT2D eigenvalue weighted by atomic mass is 16.3. The molecule has 1 aliphatic rings. The number of aliphatic hydroxyl groups excluding tert-OH is 3. The minimum absolute atomic E-state index is 0.248. The van der Waals surface area contributed by atoms with Crippen LogP contribution in [0, 0.1) is 0 Å². The molecule has 6 N–H and O–H groups in total. The van der Waals surface area contributed by atoms with Crippen molar-refractivity contribution in [1.29, 1.82) is 0 Å². The molecule has 0 spiro atoms. The van der Waals surface area contributed by atoms with Gasteiger partial charge >= 0.3 is 0 Å². The van der Waals surface area contributed by atoms with Gasteiger partial charge in [-0.2, -0.15) is 0 Å². The lowest BCUT2D eigenvalue weighted by molar-refractivity contribution is 0.0163. The topological polar surface area (TPSA) is 135 Å². The highest BCUT2D eigenvalue weighted by molar-refractivity contribution is 5.87.